The van der Waals surface area contributed by atoms with Gasteiger partial charge in [-0.3, -0.25) is 4.98 Å². The van der Waals surface area contributed by atoms with Crippen LogP contribution in [0.25, 0.3) is 11.3 Å². The molecular weight excluding hydrogens is 304 g/mol. The van der Waals surface area contributed by atoms with Gasteiger partial charge in [0.25, 0.3) is 0 Å². The minimum absolute atomic E-state index is 0.694. The Bertz CT molecular complexity index is 925. The van der Waals surface area contributed by atoms with Crippen LogP contribution < -0.4 is 0 Å². The number of hydrogen-bond acceptors (Lipinski definition) is 3. The molecule has 1 unspecified atom stereocenters. The summed E-state index contributed by atoms with van der Waals surface area (Å²) in [6.45, 7) is 2.01. The van der Waals surface area contributed by atoms with E-state index in [1.807, 2.05) is 73.7 Å². The first kappa shape index (κ1) is 15.4. The molecule has 3 aromatic rings. The highest BCUT2D eigenvalue weighted by Gasteiger charge is 2.10. The zero-order valence-electron chi connectivity index (χ0n) is 13.1. The average Bonchev–Trinajstić information content (AvgIpc) is 2.56. The van der Waals surface area contributed by atoms with Gasteiger partial charge >= 0.3 is 0 Å². The van der Waals surface area contributed by atoms with E-state index in [0.29, 0.717) is 5.69 Å². The Kier molecular flexibility index (Phi) is 4.26. The van der Waals surface area contributed by atoms with Crippen LogP contribution in [0.5, 0.6) is 0 Å². The Balaban J connectivity index is 2.13. The highest BCUT2D eigenvalue weighted by atomic mass is 32.2. The van der Waals surface area contributed by atoms with Crippen molar-refractivity contribution in [1.29, 1.82) is 0 Å². The van der Waals surface area contributed by atoms with Gasteiger partial charge in [-0.05, 0) is 37.3 Å². The molecule has 0 aliphatic heterocycles. The lowest BCUT2D eigenvalue weighted by Crippen LogP contribution is -1.97. The maximum atomic E-state index is 13.1. The van der Waals surface area contributed by atoms with E-state index in [0.717, 1.165) is 21.7 Å². The smallest absolute Gasteiger partial charge is 0.0827 e. The van der Waals surface area contributed by atoms with Crippen LogP contribution in [0.15, 0.2) is 82.2 Å². The average molecular weight is 322 g/mol. The molecule has 116 valence electrons. The van der Waals surface area contributed by atoms with E-state index in [9.17, 15) is 4.21 Å². The normalized spacial score (nSPS) is 13.3. The van der Waals surface area contributed by atoms with Gasteiger partial charge in [0.15, 0.2) is 0 Å². The maximum Gasteiger partial charge on any atom is 0.0827 e. The minimum atomic E-state index is -2.51. The highest BCUT2D eigenvalue weighted by molar-refractivity contribution is 7.93. The second-order valence-electron chi connectivity index (χ2n) is 5.44. The molecule has 23 heavy (non-hydrogen) atoms. The molecule has 0 saturated heterocycles. The number of hydrogen-bond donors (Lipinski definition) is 0. The van der Waals surface area contributed by atoms with E-state index in [4.69, 9.17) is 0 Å². The fourth-order valence-electron chi connectivity index (χ4n) is 2.32. The molecule has 0 radical (unpaired) electrons. The van der Waals surface area contributed by atoms with Crippen LogP contribution in [0.2, 0.25) is 0 Å². The van der Waals surface area contributed by atoms with Crippen LogP contribution in [-0.2, 0) is 9.73 Å². The summed E-state index contributed by atoms with van der Waals surface area (Å²) >= 11 is 0. The molecule has 0 aliphatic carbocycles. The molecule has 1 aromatic heterocycles. The SMILES string of the molecule is Cc1ccc(S(C)(=O)=Nc2ccccc2-c2ccccn2)cc1. The third kappa shape index (κ3) is 3.48. The molecule has 1 atom stereocenters. The van der Waals surface area contributed by atoms with Gasteiger partial charge in [-0.25, -0.2) is 4.21 Å². The predicted octanol–water partition coefficient (Wildman–Crippen LogP) is 4.85. The lowest BCUT2D eigenvalue weighted by molar-refractivity contribution is 0.681. The third-order valence-corrected chi connectivity index (χ3v) is 5.27. The second kappa shape index (κ2) is 6.34. The fourth-order valence-corrected chi connectivity index (χ4v) is 3.60. The van der Waals surface area contributed by atoms with Crippen molar-refractivity contribution in [3.8, 4) is 11.3 Å². The van der Waals surface area contributed by atoms with Crippen LogP contribution >= 0.6 is 0 Å². The largest absolute Gasteiger partial charge is 0.256 e. The second-order valence-corrected chi connectivity index (χ2v) is 7.70. The standard InChI is InChI=1S/C19H18N2OS/c1-15-10-12-16(13-11-15)23(2,22)21-19-9-4-3-7-17(19)18-8-5-6-14-20-18/h3-14H,1-2H3. The Morgan fingerprint density at radius 3 is 2.30 bits per heavy atom. The molecule has 3 nitrogen and oxygen atoms in total. The zero-order valence-corrected chi connectivity index (χ0v) is 14.0. The monoisotopic (exact) mass is 322 g/mol. The molecule has 0 saturated carbocycles. The van der Waals surface area contributed by atoms with E-state index in [1.165, 1.54) is 0 Å². The van der Waals surface area contributed by atoms with Crippen LogP contribution in [0, 0.1) is 6.92 Å². The first-order valence-electron chi connectivity index (χ1n) is 7.35. The van der Waals surface area contributed by atoms with Crippen molar-refractivity contribution in [3.63, 3.8) is 0 Å². The Morgan fingerprint density at radius 2 is 1.61 bits per heavy atom. The summed E-state index contributed by atoms with van der Waals surface area (Å²) in [6, 6.07) is 21.1. The molecule has 0 aliphatic rings. The van der Waals surface area contributed by atoms with Gasteiger partial charge in [0.05, 0.1) is 21.1 Å². The summed E-state index contributed by atoms with van der Waals surface area (Å²) in [7, 11) is -2.51. The molecule has 0 amide bonds. The predicted molar refractivity (Wildman–Crippen MR) is 95.3 cm³/mol. The van der Waals surface area contributed by atoms with E-state index in [-0.39, 0.29) is 0 Å². The first-order valence-corrected chi connectivity index (χ1v) is 9.28. The number of nitrogens with zero attached hydrogens (tertiary/aromatic N) is 2. The van der Waals surface area contributed by atoms with E-state index in [1.54, 1.807) is 12.5 Å². The van der Waals surface area contributed by atoms with Gasteiger partial charge in [-0.1, -0.05) is 42.0 Å². The van der Waals surface area contributed by atoms with Crippen LogP contribution in [0.4, 0.5) is 5.69 Å². The van der Waals surface area contributed by atoms with E-state index < -0.39 is 9.73 Å². The van der Waals surface area contributed by atoms with Crippen molar-refractivity contribution in [2.45, 2.75) is 11.8 Å². The Labute approximate surface area is 137 Å². The van der Waals surface area contributed by atoms with Gasteiger partial charge in [0.2, 0.25) is 0 Å². The number of pyridine rings is 1. The van der Waals surface area contributed by atoms with Gasteiger partial charge in [-0.2, -0.15) is 4.36 Å². The van der Waals surface area contributed by atoms with Gasteiger partial charge in [0, 0.05) is 22.9 Å². The van der Waals surface area contributed by atoms with Crippen molar-refractivity contribution in [1.82, 2.24) is 4.98 Å². The molecule has 0 N–H and O–H groups in total. The zero-order chi connectivity index (χ0) is 16.3. The number of aryl methyl sites for hydroxylation is 1. The molecule has 0 spiro atoms. The molecule has 0 bridgehead atoms. The third-order valence-electron chi connectivity index (χ3n) is 3.58. The van der Waals surface area contributed by atoms with Gasteiger partial charge < -0.3 is 0 Å². The van der Waals surface area contributed by atoms with Crippen LogP contribution in [0.3, 0.4) is 0 Å². The van der Waals surface area contributed by atoms with E-state index in [2.05, 4.69) is 9.35 Å². The van der Waals surface area contributed by atoms with Crippen LogP contribution in [0.1, 0.15) is 5.56 Å². The summed E-state index contributed by atoms with van der Waals surface area (Å²) in [4.78, 5) is 5.11. The lowest BCUT2D eigenvalue weighted by Gasteiger charge is -2.08. The summed E-state index contributed by atoms with van der Waals surface area (Å²) < 4.78 is 17.6. The first-order chi connectivity index (χ1) is 11.1. The summed E-state index contributed by atoms with van der Waals surface area (Å²) in [5.74, 6) is 0. The molecule has 2 aromatic carbocycles. The summed E-state index contributed by atoms with van der Waals surface area (Å²) in [5, 5.41) is 0. The molecule has 0 fully saturated rings. The van der Waals surface area contributed by atoms with Crippen molar-refractivity contribution < 1.29 is 4.21 Å². The molecule has 4 heteroatoms. The number of benzene rings is 2. The summed E-state index contributed by atoms with van der Waals surface area (Å²) in [5.41, 5.74) is 3.54. The highest BCUT2D eigenvalue weighted by Crippen LogP contribution is 2.30. The van der Waals surface area contributed by atoms with Crippen molar-refractivity contribution >= 4 is 15.4 Å². The molecule has 3 rings (SSSR count). The fraction of sp³-hybridized carbons (Fsp3) is 0.105. The molecular formula is C19H18N2OS. The van der Waals surface area contributed by atoms with Crippen LogP contribution in [-0.4, -0.2) is 15.4 Å². The Morgan fingerprint density at radius 1 is 0.913 bits per heavy atom. The molecule has 1 heterocycles. The van der Waals surface area contributed by atoms with Gasteiger partial charge in [0.1, 0.15) is 0 Å². The van der Waals surface area contributed by atoms with Crippen molar-refractivity contribution in [3.05, 3.63) is 78.5 Å². The quantitative estimate of drug-likeness (QED) is 0.692. The maximum absolute atomic E-state index is 13.1. The Hall–Kier alpha value is -2.46. The topological polar surface area (TPSA) is 42.3 Å². The van der Waals surface area contributed by atoms with Crippen molar-refractivity contribution in [2.75, 3.05) is 6.26 Å². The van der Waals surface area contributed by atoms with Crippen molar-refractivity contribution in [2.24, 2.45) is 4.36 Å². The minimum Gasteiger partial charge on any atom is -0.256 e. The summed E-state index contributed by atoms with van der Waals surface area (Å²) in [6.07, 6.45) is 3.42. The van der Waals surface area contributed by atoms with E-state index >= 15 is 0 Å². The number of rotatable bonds is 3. The lowest BCUT2D eigenvalue weighted by atomic mass is 10.1. The number of aromatic nitrogens is 1. The van der Waals surface area contributed by atoms with Gasteiger partial charge in [-0.15, -0.1) is 0 Å².